The first kappa shape index (κ1) is 13.7. The number of benzene rings is 2. The quantitative estimate of drug-likeness (QED) is 0.732. The van der Waals surface area contributed by atoms with Crippen LogP contribution >= 0.6 is 27.5 Å². The minimum absolute atomic E-state index is 0.309. The Morgan fingerprint density at radius 1 is 1.16 bits per heavy atom. The topological polar surface area (TPSA) is 81.1 Å². The number of hydrogen-bond acceptors (Lipinski definition) is 3. The molecule has 0 radical (unpaired) electrons. The van der Waals surface area contributed by atoms with Crippen LogP contribution in [0.15, 0.2) is 40.9 Å². The van der Waals surface area contributed by atoms with Crippen molar-refractivity contribution in [1.82, 2.24) is 0 Å². The monoisotopic (exact) mass is 339 g/mol. The van der Waals surface area contributed by atoms with Crippen LogP contribution in [0, 0.1) is 0 Å². The van der Waals surface area contributed by atoms with E-state index in [0.717, 1.165) is 4.47 Å². The highest BCUT2D eigenvalue weighted by Crippen LogP contribution is 2.26. The Hall–Kier alpha value is -1.72. The van der Waals surface area contributed by atoms with Crippen LogP contribution in [0.2, 0.25) is 5.02 Å². The average molecular weight is 341 g/mol. The van der Waals surface area contributed by atoms with Crippen molar-refractivity contribution in [3.8, 4) is 0 Å². The Bertz CT molecular complexity index is 646. The first-order valence-electron chi connectivity index (χ1n) is 5.39. The van der Waals surface area contributed by atoms with Gasteiger partial charge in [0.15, 0.2) is 0 Å². The predicted molar refractivity (Wildman–Crippen MR) is 82.4 cm³/mol. The summed E-state index contributed by atoms with van der Waals surface area (Å²) >= 11 is 9.24. The largest absolute Gasteiger partial charge is 0.399 e. The summed E-state index contributed by atoms with van der Waals surface area (Å²) in [5.41, 5.74) is 13.1. The number of nitrogens with two attached hydrogens (primary N) is 2. The molecule has 4 nitrogen and oxygen atoms in total. The van der Waals surface area contributed by atoms with Crippen molar-refractivity contribution < 1.29 is 4.79 Å². The third-order valence-electron chi connectivity index (χ3n) is 2.50. The molecule has 0 heterocycles. The van der Waals surface area contributed by atoms with Gasteiger partial charge < -0.3 is 16.8 Å². The highest BCUT2D eigenvalue weighted by atomic mass is 79.9. The Morgan fingerprint density at radius 2 is 1.89 bits per heavy atom. The molecule has 0 spiro atoms. The third kappa shape index (κ3) is 3.19. The minimum atomic E-state index is -0.309. The predicted octanol–water partition coefficient (Wildman–Crippen LogP) is 3.52. The zero-order valence-electron chi connectivity index (χ0n) is 9.78. The van der Waals surface area contributed by atoms with Crippen molar-refractivity contribution in [2.24, 2.45) is 0 Å². The molecule has 2 rings (SSSR count). The van der Waals surface area contributed by atoms with E-state index < -0.39 is 0 Å². The zero-order valence-corrected chi connectivity index (χ0v) is 12.1. The lowest BCUT2D eigenvalue weighted by molar-refractivity contribution is 0.102. The molecule has 98 valence electrons. The molecule has 0 bridgehead atoms. The second kappa shape index (κ2) is 5.50. The van der Waals surface area contributed by atoms with Gasteiger partial charge in [-0.1, -0.05) is 11.6 Å². The number of halogens is 2. The molecule has 0 unspecified atom stereocenters. The van der Waals surface area contributed by atoms with E-state index in [1.165, 1.54) is 0 Å². The first-order chi connectivity index (χ1) is 8.97. The fraction of sp³-hybridized carbons (Fsp3) is 0. The number of hydrogen-bond donors (Lipinski definition) is 3. The molecule has 2 aromatic rings. The Labute approximate surface area is 123 Å². The smallest absolute Gasteiger partial charge is 0.257 e. The maximum absolute atomic E-state index is 12.1. The maximum Gasteiger partial charge on any atom is 0.257 e. The molecule has 0 aliphatic rings. The highest BCUT2D eigenvalue weighted by molar-refractivity contribution is 9.10. The summed E-state index contributed by atoms with van der Waals surface area (Å²) in [7, 11) is 0. The van der Waals surface area contributed by atoms with Crippen molar-refractivity contribution in [2.45, 2.75) is 0 Å². The fourth-order valence-electron chi connectivity index (χ4n) is 1.56. The van der Waals surface area contributed by atoms with Crippen LogP contribution in [0.1, 0.15) is 10.4 Å². The van der Waals surface area contributed by atoms with Gasteiger partial charge in [-0.15, -0.1) is 0 Å². The van der Waals surface area contributed by atoms with E-state index in [4.69, 9.17) is 23.1 Å². The summed E-state index contributed by atoms with van der Waals surface area (Å²) in [5, 5.41) is 3.24. The molecule has 0 aromatic heterocycles. The Kier molecular flexibility index (Phi) is 3.97. The van der Waals surface area contributed by atoms with Gasteiger partial charge in [0.2, 0.25) is 0 Å². The lowest BCUT2D eigenvalue weighted by atomic mass is 10.1. The average Bonchev–Trinajstić information content (AvgIpc) is 2.33. The summed E-state index contributed by atoms with van der Waals surface area (Å²) in [5.74, 6) is -0.309. The molecule has 5 N–H and O–H groups in total. The van der Waals surface area contributed by atoms with E-state index in [2.05, 4.69) is 21.2 Å². The van der Waals surface area contributed by atoms with Crippen molar-refractivity contribution in [3.05, 3.63) is 51.5 Å². The van der Waals surface area contributed by atoms with E-state index >= 15 is 0 Å². The molecule has 0 aliphatic heterocycles. The molecular weight excluding hydrogens is 330 g/mol. The summed E-state index contributed by atoms with van der Waals surface area (Å²) in [6, 6.07) is 9.90. The van der Waals surface area contributed by atoms with Crippen LogP contribution in [-0.4, -0.2) is 5.91 Å². The molecule has 0 aliphatic carbocycles. The van der Waals surface area contributed by atoms with Gasteiger partial charge in [0.25, 0.3) is 5.91 Å². The summed E-state index contributed by atoms with van der Waals surface area (Å²) in [6.07, 6.45) is 0. The van der Waals surface area contributed by atoms with Gasteiger partial charge in [0.1, 0.15) is 0 Å². The normalized spacial score (nSPS) is 10.2. The van der Waals surface area contributed by atoms with E-state index in [0.29, 0.717) is 27.6 Å². The number of anilines is 3. The molecular formula is C13H11BrClN3O. The van der Waals surface area contributed by atoms with Crippen molar-refractivity contribution in [3.63, 3.8) is 0 Å². The van der Waals surface area contributed by atoms with E-state index in [9.17, 15) is 4.79 Å². The van der Waals surface area contributed by atoms with Crippen LogP contribution < -0.4 is 16.8 Å². The van der Waals surface area contributed by atoms with Crippen molar-refractivity contribution in [2.75, 3.05) is 16.8 Å². The second-order valence-electron chi connectivity index (χ2n) is 3.93. The third-order valence-corrected chi connectivity index (χ3v) is 3.73. The lowest BCUT2D eigenvalue weighted by Gasteiger charge is -2.09. The molecule has 0 saturated heterocycles. The van der Waals surface area contributed by atoms with E-state index in [1.807, 2.05) is 0 Å². The van der Waals surface area contributed by atoms with Gasteiger partial charge in [-0.3, -0.25) is 4.79 Å². The van der Waals surface area contributed by atoms with Crippen molar-refractivity contribution >= 4 is 50.5 Å². The Balaban J connectivity index is 2.23. The molecule has 2 aromatic carbocycles. The summed E-state index contributed by atoms with van der Waals surface area (Å²) in [6.45, 7) is 0. The molecule has 19 heavy (non-hydrogen) atoms. The molecule has 0 fully saturated rings. The van der Waals surface area contributed by atoms with Crippen LogP contribution in [0.3, 0.4) is 0 Å². The standard InChI is InChI=1S/C13H11BrClN3O/c14-10-4-2-8(6-11(10)15)18-13(19)9-3-1-7(16)5-12(9)17/h1-6H,16-17H2,(H,18,19). The maximum atomic E-state index is 12.1. The van der Waals surface area contributed by atoms with Crippen LogP contribution in [0.25, 0.3) is 0 Å². The SMILES string of the molecule is Nc1ccc(C(=O)Nc2ccc(Br)c(Cl)c2)c(N)c1. The minimum Gasteiger partial charge on any atom is -0.399 e. The van der Waals surface area contributed by atoms with Gasteiger partial charge in [0.05, 0.1) is 10.6 Å². The lowest BCUT2D eigenvalue weighted by Crippen LogP contribution is -2.14. The molecule has 0 saturated carbocycles. The van der Waals surface area contributed by atoms with E-state index in [1.54, 1.807) is 36.4 Å². The summed E-state index contributed by atoms with van der Waals surface area (Å²) < 4.78 is 0.763. The number of nitrogens with one attached hydrogen (secondary N) is 1. The van der Waals surface area contributed by atoms with Gasteiger partial charge in [0, 0.05) is 21.5 Å². The fourth-order valence-corrected chi connectivity index (χ4v) is 1.99. The summed E-state index contributed by atoms with van der Waals surface area (Å²) in [4.78, 5) is 12.1. The van der Waals surface area contributed by atoms with Crippen LogP contribution in [0.5, 0.6) is 0 Å². The Morgan fingerprint density at radius 3 is 2.53 bits per heavy atom. The second-order valence-corrected chi connectivity index (χ2v) is 5.19. The van der Waals surface area contributed by atoms with Crippen molar-refractivity contribution in [1.29, 1.82) is 0 Å². The molecule has 0 atom stereocenters. The van der Waals surface area contributed by atoms with Gasteiger partial charge in [-0.2, -0.15) is 0 Å². The van der Waals surface area contributed by atoms with Gasteiger partial charge in [-0.25, -0.2) is 0 Å². The van der Waals surface area contributed by atoms with Crippen LogP contribution in [-0.2, 0) is 0 Å². The number of carbonyl (C=O) groups is 1. The number of amides is 1. The highest BCUT2D eigenvalue weighted by Gasteiger charge is 2.10. The van der Waals surface area contributed by atoms with Crippen LogP contribution in [0.4, 0.5) is 17.1 Å². The number of nitrogen functional groups attached to an aromatic ring is 2. The molecule has 6 heteroatoms. The molecule has 1 amide bonds. The first-order valence-corrected chi connectivity index (χ1v) is 6.56. The van der Waals surface area contributed by atoms with Gasteiger partial charge >= 0.3 is 0 Å². The van der Waals surface area contributed by atoms with Gasteiger partial charge in [-0.05, 0) is 52.3 Å². The zero-order chi connectivity index (χ0) is 14.0. The number of carbonyl (C=O) groups excluding carboxylic acids is 1. The van der Waals surface area contributed by atoms with E-state index in [-0.39, 0.29) is 5.91 Å². The number of rotatable bonds is 2.